The third-order valence-electron chi connectivity index (χ3n) is 4.29. The van der Waals surface area contributed by atoms with E-state index in [1.165, 1.54) is 46.8 Å². The predicted molar refractivity (Wildman–Crippen MR) is 87.9 cm³/mol. The monoisotopic (exact) mass is 328 g/mol. The van der Waals surface area contributed by atoms with E-state index in [-0.39, 0.29) is 0 Å². The van der Waals surface area contributed by atoms with Crippen LogP contribution < -0.4 is 5.32 Å². The highest BCUT2D eigenvalue weighted by Gasteiger charge is 2.24. The van der Waals surface area contributed by atoms with Gasteiger partial charge < -0.3 is 5.32 Å². The molecule has 1 aliphatic rings. The van der Waals surface area contributed by atoms with Crippen LogP contribution in [-0.2, 0) is 23.2 Å². The summed E-state index contributed by atoms with van der Waals surface area (Å²) in [5, 5.41) is 3.52. The van der Waals surface area contributed by atoms with Gasteiger partial charge in [-0.3, -0.25) is 0 Å². The van der Waals surface area contributed by atoms with Crippen LogP contribution in [0.4, 0.5) is 0 Å². The van der Waals surface area contributed by atoms with E-state index in [9.17, 15) is 8.42 Å². The number of aromatic nitrogens is 2. The number of imidazole rings is 1. The largest absolute Gasteiger partial charge is 0.308 e. The summed E-state index contributed by atoms with van der Waals surface area (Å²) in [6.45, 7) is 2.47. The Kier molecular flexibility index (Phi) is 6.00. The number of hydrogen-bond donors (Lipinski definition) is 1. The minimum atomic E-state index is -3.52. The molecule has 22 heavy (non-hydrogen) atoms. The molecular weight excluding hydrogens is 300 g/mol. The van der Waals surface area contributed by atoms with Gasteiger partial charge in [-0.05, 0) is 12.8 Å². The smallest absolute Gasteiger partial charge is 0.308 e. The molecule has 0 spiro atoms. The second-order valence-electron chi connectivity index (χ2n) is 6.14. The summed E-state index contributed by atoms with van der Waals surface area (Å²) in [5.74, 6) is 0.589. The second kappa shape index (κ2) is 7.57. The number of rotatable bonds is 6. The lowest BCUT2D eigenvalue weighted by molar-refractivity contribution is 0.452. The third-order valence-corrected chi connectivity index (χ3v) is 6.12. The van der Waals surface area contributed by atoms with Gasteiger partial charge in [-0.15, -0.1) is 0 Å². The van der Waals surface area contributed by atoms with Gasteiger partial charge in [0.2, 0.25) is 0 Å². The minimum absolute atomic E-state index is 0.484. The average Bonchev–Trinajstić information content (AvgIpc) is 2.73. The molecule has 126 valence electrons. The summed E-state index contributed by atoms with van der Waals surface area (Å²) in [7, 11) is -0.414. The van der Waals surface area contributed by atoms with E-state index >= 15 is 0 Å². The number of nitrogens with zero attached hydrogens (tertiary/aromatic N) is 3. The summed E-state index contributed by atoms with van der Waals surface area (Å²) in [6, 6.07) is 0.484. The van der Waals surface area contributed by atoms with Gasteiger partial charge in [0.1, 0.15) is 5.82 Å². The standard InChI is InChI=1S/C15H28N4O2S/c1-4-15-17-12-14(19(15)22(20,21)18(2)3)11-16-13-9-7-5-6-8-10-13/h12-13,16H,4-11H2,1-3H3. The van der Waals surface area contributed by atoms with E-state index in [1.54, 1.807) is 20.3 Å². The van der Waals surface area contributed by atoms with Crippen LogP contribution in [0, 0.1) is 0 Å². The van der Waals surface area contributed by atoms with Crippen LogP contribution in [0.25, 0.3) is 0 Å². The lowest BCUT2D eigenvalue weighted by Gasteiger charge is -2.19. The van der Waals surface area contributed by atoms with Crippen LogP contribution in [-0.4, -0.2) is 41.8 Å². The molecule has 1 N–H and O–H groups in total. The van der Waals surface area contributed by atoms with Crippen molar-refractivity contribution in [3.05, 3.63) is 17.7 Å². The highest BCUT2D eigenvalue weighted by Crippen LogP contribution is 2.18. The van der Waals surface area contributed by atoms with Crippen LogP contribution in [0.3, 0.4) is 0 Å². The van der Waals surface area contributed by atoms with Crippen molar-refractivity contribution >= 4 is 10.2 Å². The van der Waals surface area contributed by atoms with E-state index in [0.29, 0.717) is 24.8 Å². The molecule has 0 atom stereocenters. The van der Waals surface area contributed by atoms with Crippen molar-refractivity contribution in [3.8, 4) is 0 Å². The van der Waals surface area contributed by atoms with Crippen molar-refractivity contribution < 1.29 is 8.42 Å². The van der Waals surface area contributed by atoms with Crippen molar-refractivity contribution in [1.82, 2.24) is 18.6 Å². The maximum Gasteiger partial charge on any atom is 0.308 e. The molecule has 0 bridgehead atoms. The van der Waals surface area contributed by atoms with Crippen LogP contribution in [0.1, 0.15) is 57.0 Å². The summed E-state index contributed by atoms with van der Waals surface area (Å²) in [4.78, 5) is 4.28. The molecular formula is C15H28N4O2S. The maximum atomic E-state index is 12.5. The molecule has 1 aliphatic carbocycles. The van der Waals surface area contributed by atoms with E-state index < -0.39 is 10.2 Å². The van der Waals surface area contributed by atoms with Crippen molar-refractivity contribution in [2.45, 2.75) is 64.5 Å². The molecule has 2 rings (SSSR count). The van der Waals surface area contributed by atoms with Gasteiger partial charge in [0, 0.05) is 33.1 Å². The van der Waals surface area contributed by atoms with E-state index in [0.717, 1.165) is 5.69 Å². The first-order valence-electron chi connectivity index (χ1n) is 8.18. The second-order valence-corrected chi connectivity index (χ2v) is 8.13. The summed E-state index contributed by atoms with van der Waals surface area (Å²) in [6.07, 6.45) is 9.76. The van der Waals surface area contributed by atoms with Crippen LogP contribution in [0.5, 0.6) is 0 Å². The molecule has 1 heterocycles. The highest BCUT2D eigenvalue weighted by molar-refractivity contribution is 7.87. The highest BCUT2D eigenvalue weighted by atomic mass is 32.2. The zero-order valence-electron chi connectivity index (χ0n) is 13.9. The van der Waals surface area contributed by atoms with Gasteiger partial charge >= 0.3 is 10.2 Å². The normalized spacial score (nSPS) is 17.8. The van der Waals surface area contributed by atoms with Crippen molar-refractivity contribution in [1.29, 1.82) is 0 Å². The fourth-order valence-electron chi connectivity index (χ4n) is 2.95. The molecule has 7 heteroatoms. The molecule has 0 amide bonds. The SMILES string of the molecule is CCc1ncc(CNC2CCCCCC2)n1S(=O)(=O)N(C)C. The third kappa shape index (κ3) is 3.88. The first-order valence-corrected chi connectivity index (χ1v) is 9.58. The van der Waals surface area contributed by atoms with Crippen LogP contribution in [0.2, 0.25) is 0 Å². The molecule has 1 fully saturated rings. The van der Waals surface area contributed by atoms with Crippen molar-refractivity contribution in [2.75, 3.05) is 14.1 Å². The zero-order valence-corrected chi connectivity index (χ0v) is 14.7. The van der Waals surface area contributed by atoms with Gasteiger partial charge in [0.25, 0.3) is 0 Å². The van der Waals surface area contributed by atoms with Gasteiger partial charge in [-0.25, -0.2) is 8.96 Å². The summed E-state index contributed by atoms with van der Waals surface area (Å²) >= 11 is 0. The van der Waals surface area contributed by atoms with Crippen LogP contribution >= 0.6 is 0 Å². The Hall–Kier alpha value is -0.920. The summed E-state index contributed by atoms with van der Waals surface area (Å²) < 4.78 is 27.7. The average molecular weight is 328 g/mol. The number of aryl methyl sites for hydroxylation is 1. The lowest BCUT2D eigenvalue weighted by atomic mass is 10.1. The Morgan fingerprint density at radius 2 is 1.91 bits per heavy atom. The Labute approximate surface area is 134 Å². The Morgan fingerprint density at radius 3 is 2.45 bits per heavy atom. The van der Waals surface area contributed by atoms with E-state index in [1.807, 2.05) is 6.92 Å². The first-order chi connectivity index (χ1) is 10.5. The molecule has 1 aromatic heterocycles. The fourth-order valence-corrected chi connectivity index (χ4v) is 4.13. The minimum Gasteiger partial charge on any atom is -0.308 e. The Bertz CT molecular complexity index is 572. The Balaban J connectivity index is 2.16. The fraction of sp³-hybridized carbons (Fsp3) is 0.800. The van der Waals surface area contributed by atoms with Gasteiger partial charge in [0.15, 0.2) is 0 Å². The quantitative estimate of drug-likeness (QED) is 0.810. The van der Waals surface area contributed by atoms with Crippen molar-refractivity contribution in [3.63, 3.8) is 0 Å². The molecule has 0 saturated heterocycles. The number of hydrogen-bond acceptors (Lipinski definition) is 4. The van der Waals surface area contributed by atoms with E-state index in [4.69, 9.17) is 0 Å². The van der Waals surface area contributed by atoms with Gasteiger partial charge in [-0.1, -0.05) is 32.6 Å². The lowest BCUT2D eigenvalue weighted by Crippen LogP contribution is -2.34. The topological polar surface area (TPSA) is 67.2 Å². The maximum absolute atomic E-state index is 12.5. The molecule has 1 saturated carbocycles. The zero-order chi connectivity index (χ0) is 16.2. The van der Waals surface area contributed by atoms with Crippen molar-refractivity contribution in [2.24, 2.45) is 0 Å². The van der Waals surface area contributed by atoms with Gasteiger partial charge in [-0.2, -0.15) is 12.7 Å². The molecule has 0 aromatic carbocycles. The molecule has 0 radical (unpaired) electrons. The molecule has 0 unspecified atom stereocenters. The number of nitrogens with one attached hydrogen (secondary N) is 1. The van der Waals surface area contributed by atoms with Gasteiger partial charge in [0.05, 0.1) is 11.9 Å². The first kappa shape index (κ1) is 17.4. The molecule has 0 aliphatic heterocycles. The molecule has 1 aromatic rings. The predicted octanol–water partition coefficient (Wildman–Crippen LogP) is 1.91. The van der Waals surface area contributed by atoms with E-state index in [2.05, 4.69) is 10.3 Å². The Morgan fingerprint density at radius 1 is 1.27 bits per heavy atom. The summed E-state index contributed by atoms with van der Waals surface area (Å²) in [5.41, 5.74) is 0.717. The molecule has 6 nitrogen and oxygen atoms in total. The van der Waals surface area contributed by atoms with Crippen LogP contribution in [0.15, 0.2) is 6.20 Å².